The molecule has 1 aliphatic heterocycles. The van der Waals surface area contributed by atoms with Crippen LogP contribution in [0, 0.1) is 3.57 Å². The van der Waals surface area contributed by atoms with Gasteiger partial charge < -0.3 is 10.2 Å². The summed E-state index contributed by atoms with van der Waals surface area (Å²) in [5.74, 6) is -0.223. The topological polar surface area (TPSA) is 49.4 Å². The Labute approximate surface area is 130 Å². The third-order valence-corrected chi connectivity index (χ3v) is 4.72. The molecule has 0 spiro atoms. The average Bonchev–Trinajstić information content (AvgIpc) is 2.40. The number of nitrogens with zero attached hydrogens (tertiary/aromatic N) is 1. The minimum absolute atomic E-state index is 0.0845. The fourth-order valence-corrected chi connectivity index (χ4v) is 2.67. The fourth-order valence-electron chi connectivity index (χ4n) is 2.16. The molecule has 2 amide bonds. The van der Waals surface area contributed by atoms with Gasteiger partial charge in [0, 0.05) is 22.2 Å². The third-order valence-electron chi connectivity index (χ3n) is 3.14. The lowest BCUT2D eigenvalue weighted by Crippen LogP contribution is -2.56. The van der Waals surface area contributed by atoms with Crippen molar-refractivity contribution in [3.05, 3.63) is 32.4 Å². The second kappa shape index (κ2) is 6.09. The van der Waals surface area contributed by atoms with Crippen LogP contribution in [0.25, 0.3) is 0 Å². The molecular formula is C13H14ClIN2O2. The van der Waals surface area contributed by atoms with E-state index in [1.54, 1.807) is 23.1 Å². The maximum atomic E-state index is 12.5. The van der Waals surface area contributed by atoms with E-state index in [0.29, 0.717) is 30.1 Å². The van der Waals surface area contributed by atoms with E-state index in [4.69, 9.17) is 11.6 Å². The minimum atomic E-state index is -0.390. The molecule has 2 rings (SSSR count). The molecule has 0 aliphatic carbocycles. The number of hydrogen-bond donors (Lipinski definition) is 1. The number of carbonyl (C=O) groups is 2. The van der Waals surface area contributed by atoms with Crippen molar-refractivity contribution in [3.63, 3.8) is 0 Å². The summed E-state index contributed by atoms with van der Waals surface area (Å²) in [5.41, 5.74) is 0.526. The van der Waals surface area contributed by atoms with Crippen molar-refractivity contribution in [3.8, 4) is 0 Å². The van der Waals surface area contributed by atoms with Crippen LogP contribution < -0.4 is 5.32 Å². The number of nitrogens with one attached hydrogen (secondary N) is 1. The average molecular weight is 393 g/mol. The highest BCUT2D eigenvalue weighted by atomic mass is 127. The van der Waals surface area contributed by atoms with Gasteiger partial charge in [-0.15, -0.1) is 0 Å². The molecule has 1 aromatic rings. The van der Waals surface area contributed by atoms with Crippen LogP contribution in [-0.4, -0.2) is 35.8 Å². The van der Waals surface area contributed by atoms with Crippen LogP contribution in [-0.2, 0) is 4.79 Å². The minimum Gasteiger partial charge on any atom is -0.353 e. The Morgan fingerprint density at radius 1 is 1.58 bits per heavy atom. The molecular weight excluding hydrogens is 379 g/mol. The van der Waals surface area contributed by atoms with Crippen LogP contribution in [0.1, 0.15) is 23.7 Å². The predicted octanol–water partition coefficient (Wildman–Crippen LogP) is 2.30. The first kappa shape index (κ1) is 14.6. The monoisotopic (exact) mass is 392 g/mol. The normalized spacial score (nSPS) is 19.2. The van der Waals surface area contributed by atoms with E-state index in [-0.39, 0.29) is 17.9 Å². The van der Waals surface area contributed by atoms with Gasteiger partial charge in [-0.2, -0.15) is 0 Å². The molecule has 19 heavy (non-hydrogen) atoms. The summed E-state index contributed by atoms with van der Waals surface area (Å²) in [6.45, 7) is 2.93. The molecule has 1 heterocycles. The van der Waals surface area contributed by atoms with Crippen molar-refractivity contribution in [2.75, 3.05) is 13.1 Å². The highest BCUT2D eigenvalue weighted by molar-refractivity contribution is 14.1. The molecule has 1 saturated heterocycles. The Morgan fingerprint density at radius 3 is 2.95 bits per heavy atom. The van der Waals surface area contributed by atoms with E-state index in [1.807, 2.05) is 6.92 Å². The van der Waals surface area contributed by atoms with E-state index in [9.17, 15) is 9.59 Å². The van der Waals surface area contributed by atoms with Gasteiger partial charge >= 0.3 is 0 Å². The summed E-state index contributed by atoms with van der Waals surface area (Å²) in [6, 6.07) is 4.82. The summed E-state index contributed by atoms with van der Waals surface area (Å²) in [5, 5.41) is 3.34. The van der Waals surface area contributed by atoms with Gasteiger partial charge in [-0.25, -0.2) is 0 Å². The maximum absolute atomic E-state index is 12.5. The lowest BCUT2D eigenvalue weighted by atomic mass is 10.1. The first-order valence-electron chi connectivity index (χ1n) is 6.08. The second-order valence-electron chi connectivity index (χ2n) is 4.34. The summed E-state index contributed by atoms with van der Waals surface area (Å²) in [6.07, 6.45) is 0.607. The SMILES string of the molecule is CCC1C(=O)NCCN1C(=O)c1ccc(I)c(Cl)c1. The van der Waals surface area contributed by atoms with E-state index in [0.717, 1.165) is 3.57 Å². The van der Waals surface area contributed by atoms with Crippen molar-refractivity contribution >= 4 is 46.0 Å². The first-order valence-corrected chi connectivity index (χ1v) is 7.54. The van der Waals surface area contributed by atoms with Gasteiger partial charge in [0.15, 0.2) is 0 Å². The van der Waals surface area contributed by atoms with Gasteiger partial charge in [0.25, 0.3) is 5.91 Å². The molecule has 102 valence electrons. The van der Waals surface area contributed by atoms with E-state index in [1.165, 1.54) is 0 Å². The standard InChI is InChI=1S/C13H14ClIN2O2/c1-2-11-12(18)16-5-6-17(11)13(19)8-3-4-10(15)9(14)7-8/h3-4,7,11H,2,5-6H2,1H3,(H,16,18). The molecule has 6 heteroatoms. The number of amides is 2. The molecule has 1 N–H and O–H groups in total. The number of halogens is 2. The summed E-state index contributed by atoms with van der Waals surface area (Å²) in [7, 11) is 0. The van der Waals surface area contributed by atoms with Crippen molar-refractivity contribution in [1.29, 1.82) is 0 Å². The zero-order valence-electron chi connectivity index (χ0n) is 10.5. The lowest BCUT2D eigenvalue weighted by Gasteiger charge is -2.34. The molecule has 1 aliphatic rings. The van der Waals surface area contributed by atoms with Gasteiger partial charge in [-0.1, -0.05) is 18.5 Å². The maximum Gasteiger partial charge on any atom is 0.254 e. The molecule has 1 atom stereocenters. The van der Waals surface area contributed by atoms with Crippen molar-refractivity contribution in [2.45, 2.75) is 19.4 Å². The Kier molecular flexibility index (Phi) is 4.67. The first-order chi connectivity index (χ1) is 9.04. The van der Waals surface area contributed by atoms with Crippen LogP contribution >= 0.6 is 34.2 Å². The van der Waals surface area contributed by atoms with Crippen molar-refractivity contribution < 1.29 is 9.59 Å². The van der Waals surface area contributed by atoms with Gasteiger partial charge in [0.2, 0.25) is 5.91 Å². The zero-order valence-corrected chi connectivity index (χ0v) is 13.4. The number of piperazine rings is 1. The molecule has 0 bridgehead atoms. The van der Waals surface area contributed by atoms with Gasteiger partial charge in [-0.3, -0.25) is 9.59 Å². The summed E-state index contributed by atoms with van der Waals surface area (Å²) < 4.78 is 0.902. The molecule has 1 unspecified atom stereocenters. The van der Waals surface area contributed by atoms with E-state index >= 15 is 0 Å². The molecule has 1 aromatic carbocycles. The number of benzene rings is 1. The largest absolute Gasteiger partial charge is 0.353 e. The molecule has 0 radical (unpaired) electrons. The Morgan fingerprint density at radius 2 is 2.32 bits per heavy atom. The van der Waals surface area contributed by atoms with Gasteiger partial charge in [-0.05, 0) is 47.2 Å². The Bertz CT molecular complexity index is 521. The molecule has 1 fully saturated rings. The Balaban J connectivity index is 2.26. The lowest BCUT2D eigenvalue weighted by molar-refractivity contribution is -0.127. The molecule has 0 saturated carbocycles. The van der Waals surface area contributed by atoms with E-state index < -0.39 is 0 Å². The summed E-state index contributed by atoms with van der Waals surface area (Å²) >= 11 is 8.15. The summed E-state index contributed by atoms with van der Waals surface area (Å²) in [4.78, 5) is 25.8. The van der Waals surface area contributed by atoms with Gasteiger partial charge in [0.05, 0.1) is 5.02 Å². The molecule has 4 nitrogen and oxygen atoms in total. The van der Waals surface area contributed by atoms with Crippen LogP contribution in [0.4, 0.5) is 0 Å². The van der Waals surface area contributed by atoms with Crippen LogP contribution in [0.3, 0.4) is 0 Å². The second-order valence-corrected chi connectivity index (χ2v) is 5.91. The smallest absolute Gasteiger partial charge is 0.254 e. The van der Waals surface area contributed by atoms with E-state index in [2.05, 4.69) is 27.9 Å². The number of rotatable bonds is 2. The van der Waals surface area contributed by atoms with Crippen LogP contribution in [0.2, 0.25) is 5.02 Å². The predicted molar refractivity (Wildman–Crippen MR) is 82.3 cm³/mol. The van der Waals surface area contributed by atoms with Crippen LogP contribution in [0.5, 0.6) is 0 Å². The third kappa shape index (κ3) is 3.02. The number of hydrogen-bond acceptors (Lipinski definition) is 2. The quantitative estimate of drug-likeness (QED) is 0.785. The van der Waals surface area contributed by atoms with Crippen LogP contribution in [0.15, 0.2) is 18.2 Å². The van der Waals surface area contributed by atoms with Gasteiger partial charge in [0.1, 0.15) is 6.04 Å². The molecule has 0 aromatic heterocycles. The van der Waals surface area contributed by atoms with Crippen molar-refractivity contribution in [2.24, 2.45) is 0 Å². The van der Waals surface area contributed by atoms with Crippen molar-refractivity contribution in [1.82, 2.24) is 10.2 Å². The highest BCUT2D eigenvalue weighted by Crippen LogP contribution is 2.21. The Hall–Kier alpha value is -0.820. The highest BCUT2D eigenvalue weighted by Gasteiger charge is 2.32. The fraction of sp³-hybridized carbons (Fsp3) is 0.385. The number of carbonyl (C=O) groups excluding carboxylic acids is 2. The zero-order chi connectivity index (χ0) is 14.0.